The lowest BCUT2D eigenvalue weighted by atomic mass is 10.0. The number of aromatic nitrogens is 2. The standard InChI is InChI=1S/C23H27ClN4O/c1-27(23(29)14-17-16-26-22-15-18(24)5-6-21(17)22)20-8-12-28(13-9-20)11-7-19-4-2-3-10-25-19/h2-6,10,15-16,20,26H,7-9,11-14H2,1H3. The van der Waals surface area contributed by atoms with Crippen molar-refractivity contribution in [2.75, 3.05) is 26.7 Å². The summed E-state index contributed by atoms with van der Waals surface area (Å²) in [6.07, 6.45) is 7.21. The van der Waals surface area contributed by atoms with Crippen molar-refractivity contribution < 1.29 is 4.79 Å². The number of likely N-dealkylation sites (N-methyl/N-ethyl adjacent to an activating group) is 1. The molecule has 0 spiro atoms. The maximum atomic E-state index is 12.9. The smallest absolute Gasteiger partial charge is 0.227 e. The molecular weight excluding hydrogens is 384 g/mol. The summed E-state index contributed by atoms with van der Waals surface area (Å²) < 4.78 is 0. The van der Waals surface area contributed by atoms with Crippen molar-refractivity contribution in [3.8, 4) is 0 Å². The summed E-state index contributed by atoms with van der Waals surface area (Å²) in [4.78, 5) is 24.9. The van der Waals surface area contributed by atoms with E-state index in [9.17, 15) is 4.79 Å². The Morgan fingerprint density at radius 1 is 1.28 bits per heavy atom. The molecule has 3 aromatic rings. The third kappa shape index (κ3) is 4.80. The number of pyridine rings is 1. The molecule has 152 valence electrons. The van der Waals surface area contributed by atoms with Crippen molar-refractivity contribution in [2.24, 2.45) is 0 Å². The highest BCUT2D eigenvalue weighted by Crippen LogP contribution is 2.23. The Balaban J connectivity index is 1.28. The van der Waals surface area contributed by atoms with Crippen molar-refractivity contribution in [3.63, 3.8) is 0 Å². The van der Waals surface area contributed by atoms with Gasteiger partial charge in [-0.3, -0.25) is 9.78 Å². The van der Waals surface area contributed by atoms with Gasteiger partial charge in [-0.15, -0.1) is 0 Å². The van der Waals surface area contributed by atoms with Gasteiger partial charge in [0.15, 0.2) is 0 Å². The number of nitrogens with zero attached hydrogens (tertiary/aromatic N) is 3. The number of hydrogen-bond donors (Lipinski definition) is 1. The zero-order chi connectivity index (χ0) is 20.2. The Morgan fingerprint density at radius 3 is 2.86 bits per heavy atom. The molecule has 29 heavy (non-hydrogen) atoms. The number of nitrogens with one attached hydrogen (secondary N) is 1. The van der Waals surface area contributed by atoms with Crippen molar-refractivity contribution in [2.45, 2.75) is 31.7 Å². The van der Waals surface area contributed by atoms with Gasteiger partial charge in [0.1, 0.15) is 0 Å². The van der Waals surface area contributed by atoms with E-state index in [1.807, 2.05) is 54.7 Å². The first-order valence-corrected chi connectivity index (χ1v) is 10.6. The Labute approximate surface area is 176 Å². The zero-order valence-electron chi connectivity index (χ0n) is 16.8. The summed E-state index contributed by atoms with van der Waals surface area (Å²) in [6.45, 7) is 3.08. The lowest BCUT2D eigenvalue weighted by Gasteiger charge is -2.36. The molecule has 0 atom stereocenters. The quantitative estimate of drug-likeness (QED) is 0.670. The van der Waals surface area contributed by atoms with Crippen LogP contribution in [0, 0.1) is 0 Å². The maximum Gasteiger partial charge on any atom is 0.227 e. The molecule has 3 heterocycles. The number of piperidine rings is 1. The number of likely N-dealkylation sites (tertiary alicyclic amines) is 1. The summed E-state index contributed by atoms with van der Waals surface area (Å²) in [7, 11) is 1.95. The summed E-state index contributed by atoms with van der Waals surface area (Å²) in [5.41, 5.74) is 3.15. The fourth-order valence-corrected chi connectivity index (χ4v) is 4.32. The van der Waals surface area contributed by atoms with E-state index in [1.165, 1.54) is 0 Å². The minimum atomic E-state index is 0.174. The summed E-state index contributed by atoms with van der Waals surface area (Å²) in [5.74, 6) is 0.174. The second-order valence-corrected chi connectivity index (χ2v) is 8.27. The SMILES string of the molecule is CN(C(=O)Cc1c[nH]c2cc(Cl)ccc12)C1CCN(CCc2ccccn2)CC1. The number of amides is 1. The van der Waals surface area contributed by atoms with Gasteiger partial charge in [-0.05, 0) is 42.7 Å². The molecule has 1 N–H and O–H groups in total. The molecule has 4 rings (SSSR count). The Hall–Kier alpha value is -2.37. The summed E-state index contributed by atoms with van der Waals surface area (Å²) in [5, 5.41) is 1.77. The number of benzene rings is 1. The second kappa shape index (κ2) is 8.97. The summed E-state index contributed by atoms with van der Waals surface area (Å²) >= 11 is 6.05. The molecule has 1 amide bonds. The van der Waals surface area contributed by atoms with E-state index >= 15 is 0 Å². The first kappa shape index (κ1) is 19.9. The average Bonchev–Trinajstić information content (AvgIpc) is 3.14. The van der Waals surface area contributed by atoms with E-state index in [0.717, 1.165) is 61.1 Å². The molecule has 0 aliphatic carbocycles. The van der Waals surface area contributed by atoms with Crippen LogP contribution in [0.2, 0.25) is 5.02 Å². The fourth-order valence-electron chi connectivity index (χ4n) is 4.14. The van der Waals surface area contributed by atoms with E-state index in [-0.39, 0.29) is 5.91 Å². The molecule has 0 saturated carbocycles. The second-order valence-electron chi connectivity index (χ2n) is 7.83. The van der Waals surface area contributed by atoms with Gasteiger partial charge in [0.05, 0.1) is 6.42 Å². The van der Waals surface area contributed by atoms with E-state index in [0.29, 0.717) is 17.5 Å². The van der Waals surface area contributed by atoms with Gasteiger partial charge in [-0.2, -0.15) is 0 Å². The van der Waals surface area contributed by atoms with Gasteiger partial charge in [0, 0.05) is 73.2 Å². The third-order valence-electron chi connectivity index (χ3n) is 5.98. The average molecular weight is 411 g/mol. The lowest BCUT2D eigenvalue weighted by molar-refractivity contribution is -0.132. The molecule has 1 fully saturated rings. The van der Waals surface area contributed by atoms with Crippen LogP contribution in [-0.2, 0) is 17.6 Å². The van der Waals surface area contributed by atoms with Crippen LogP contribution in [-0.4, -0.2) is 58.4 Å². The van der Waals surface area contributed by atoms with Crippen LogP contribution in [0.4, 0.5) is 0 Å². The van der Waals surface area contributed by atoms with E-state index in [4.69, 9.17) is 11.6 Å². The van der Waals surface area contributed by atoms with Gasteiger partial charge < -0.3 is 14.8 Å². The highest BCUT2D eigenvalue weighted by molar-refractivity contribution is 6.31. The van der Waals surface area contributed by atoms with Crippen molar-refractivity contribution in [1.29, 1.82) is 0 Å². The number of fused-ring (bicyclic) bond motifs is 1. The first-order chi connectivity index (χ1) is 14.1. The molecular formula is C23H27ClN4O. The number of rotatable bonds is 6. The predicted octanol–water partition coefficient (Wildman–Crippen LogP) is 3.92. The topological polar surface area (TPSA) is 52.2 Å². The van der Waals surface area contributed by atoms with Crippen LogP contribution >= 0.6 is 11.6 Å². The molecule has 1 aliphatic heterocycles. The fraction of sp³-hybridized carbons (Fsp3) is 0.391. The Bertz CT molecular complexity index is 963. The molecule has 6 heteroatoms. The van der Waals surface area contributed by atoms with Crippen LogP contribution < -0.4 is 0 Å². The van der Waals surface area contributed by atoms with E-state index in [1.54, 1.807) is 0 Å². The number of carbonyl (C=O) groups is 1. The van der Waals surface area contributed by atoms with Gasteiger partial charge in [0.2, 0.25) is 5.91 Å². The third-order valence-corrected chi connectivity index (χ3v) is 6.21. The maximum absolute atomic E-state index is 12.9. The predicted molar refractivity (Wildman–Crippen MR) is 117 cm³/mol. The largest absolute Gasteiger partial charge is 0.361 e. The molecule has 0 unspecified atom stereocenters. The van der Waals surface area contributed by atoms with Gasteiger partial charge in [-0.1, -0.05) is 23.7 Å². The Kier molecular flexibility index (Phi) is 6.16. The lowest BCUT2D eigenvalue weighted by Crippen LogP contribution is -2.46. The number of carbonyl (C=O) groups excluding carboxylic acids is 1. The molecule has 5 nitrogen and oxygen atoms in total. The van der Waals surface area contributed by atoms with E-state index in [2.05, 4.69) is 20.9 Å². The molecule has 0 radical (unpaired) electrons. The first-order valence-electron chi connectivity index (χ1n) is 10.2. The number of aromatic amines is 1. The van der Waals surface area contributed by atoms with Crippen molar-refractivity contribution in [1.82, 2.24) is 19.8 Å². The van der Waals surface area contributed by atoms with Crippen LogP contribution in [0.3, 0.4) is 0 Å². The van der Waals surface area contributed by atoms with Crippen LogP contribution in [0.15, 0.2) is 48.8 Å². The number of halogens is 1. The molecule has 1 aliphatic rings. The number of hydrogen-bond acceptors (Lipinski definition) is 3. The molecule has 2 aromatic heterocycles. The highest BCUT2D eigenvalue weighted by atomic mass is 35.5. The van der Waals surface area contributed by atoms with Crippen LogP contribution in [0.1, 0.15) is 24.1 Å². The highest BCUT2D eigenvalue weighted by Gasteiger charge is 2.25. The monoisotopic (exact) mass is 410 g/mol. The zero-order valence-corrected chi connectivity index (χ0v) is 17.5. The normalized spacial score (nSPS) is 15.7. The minimum absolute atomic E-state index is 0.174. The van der Waals surface area contributed by atoms with Gasteiger partial charge in [-0.25, -0.2) is 0 Å². The van der Waals surface area contributed by atoms with Crippen molar-refractivity contribution >= 4 is 28.4 Å². The Morgan fingerprint density at radius 2 is 2.10 bits per heavy atom. The van der Waals surface area contributed by atoms with Crippen LogP contribution in [0.25, 0.3) is 10.9 Å². The van der Waals surface area contributed by atoms with Gasteiger partial charge in [0.25, 0.3) is 0 Å². The molecule has 1 aromatic carbocycles. The molecule has 1 saturated heterocycles. The van der Waals surface area contributed by atoms with E-state index < -0.39 is 0 Å². The summed E-state index contributed by atoms with van der Waals surface area (Å²) in [6, 6.07) is 12.1. The minimum Gasteiger partial charge on any atom is -0.361 e. The number of H-pyrrole nitrogens is 1. The molecule has 0 bridgehead atoms. The van der Waals surface area contributed by atoms with Crippen LogP contribution in [0.5, 0.6) is 0 Å². The van der Waals surface area contributed by atoms with Gasteiger partial charge >= 0.3 is 0 Å². The van der Waals surface area contributed by atoms with Crippen molar-refractivity contribution in [3.05, 3.63) is 65.1 Å².